The van der Waals surface area contributed by atoms with Gasteiger partial charge in [0.1, 0.15) is 18.2 Å². The maximum absolute atomic E-state index is 12.3. The maximum Gasteiger partial charge on any atom is 0.303 e. The van der Waals surface area contributed by atoms with Crippen molar-refractivity contribution in [1.29, 1.82) is 0 Å². The second kappa shape index (κ2) is 11.4. The Bertz CT molecular complexity index is 751. The van der Waals surface area contributed by atoms with Crippen molar-refractivity contribution in [2.75, 3.05) is 6.54 Å². The number of nitrogens with one attached hydrogen (secondary N) is 2. The van der Waals surface area contributed by atoms with Gasteiger partial charge in [-0.15, -0.1) is 0 Å². The molecular weight excluding hydrogens is 388 g/mol. The van der Waals surface area contributed by atoms with Gasteiger partial charge in [-0.25, -0.2) is 0 Å². The summed E-state index contributed by atoms with van der Waals surface area (Å²) in [6.45, 7) is 5.82. The fourth-order valence-electron chi connectivity index (χ4n) is 3.37. The highest BCUT2D eigenvalue weighted by Gasteiger charge is 2.27. The number of benzene rings is 1. The van der Waals surface area contributed by atoms with Crippen molar-refractivity contribution in [2.24, 2.45) is 0 Å². The van der Waals surface area contributed by atoms with Crippen LogP contribution in [-0.2, 0) is 20.8 Å². The molecule has 2 amide bonds. The number of ether oxygens (including phenoxy) is 2. The molecule has 0 fully saturated rings. The number of rotatable bonds is 11. The molecule has 0 radical (unpaired) electrons. The van der Waals surface area contributed by atoms with Gasteiger partial charge in [0.25, 0.3) is 0 Å². The van der Waals surface area contributed by atoms with Gasteiger partial charge in [0.05, 0.1) is 0 Å². The quantitative estimate of drug-likeness (QED) is 0.507. The summed E-state index contributed by atoms with van der Waals surface area (Å²) in [5.74, 6) is -0.337. The lowest BCUT2D eigenvalue weighted by Crippen LogP contribution is -2.46. The molecule has 3 N–H and O–H groups in total. The molecule has 8 heteroatoms. The Kier molecular flexibility index (Phi) is 8.95. The van der Waals surface area contributed by atoms with Gasteiger partial charge < -0.3 is 25.2 Å². The molecule has 1 aromatic rings. The molecule has 1 aliphatic heterocycles. The smallest absolute Gasteiger partial charge is 0.303 e. The lowest BCUT2D eigenvalue weighted by atomic mass is 10.1. The Hall–Kier alpha value is -2.77. The van der Waals surface area contributed by atoms with E-state index in [1.54, 1.807) is 0 Å². The molecule has 0 aromatic heterocycles. The van der Waals surface area contributed by atoms with E-state index in [9.17, 15) is 14.4 Å². The van der Waals surface area contributed by atoms with Gasteiger partial charge in [-0.05, 0) is 50.3 Å². The van der Waals surface area contributed by atoms with E-state index in [1.165, 1.54) is 6.92 Å². The predicted octanol–water partition coefficient (Wildman–Crippen LogP) is 2.43. The van der Waals surface area contributed by atoms with Crippen LogP contribution in [0.25, 0.3) is 0 Å². The fourth-order valence-corrected chi connectivity index (χ4v) is 3.37. The molecule has 0 spiro atoms. The normalized spacial score (nSPS) is 18.4. The van der Waals surface area contributed by atoms with Crippen LogP contribution in [0.4, 0.5) is 0 Å². The minimum Gasteiger partial charge on any atom is -0.483 e. The topological polar surface area (TPSA) is 114 Å². The first-order valence-electron chi connectivity index (χ1n) is 10.5. The highest BCUT2D eigenvalue weighted by Crippen LogP contribution is 2.36. The standard InChI is InChI=1S/C22H32N2O6/c1-4-5-6-18-14(2)29-19-9-7-16(13-20(19)30-18)11-12-23-22(28)17(24-15(3)25)8-10-21(26)27/h7,9,13-14,17-18H,4-6,8,10-12H2,1-3H3,(H,23,28)(H,24,25)(H,26,27). The average molecular weight is 421 g/mol. The third-order valence-electron chi connectivity index (χ3n) is 5.02. The summed E-state index contributed by atoms with van der Waals surface area (Å²) in [4.78, 5) is 34.4. The summed E-state index contributed by atoms with van der Waals surface area (Å²) in [5.41, 5.74) is 0.989. The molecule has 166 valence electrons. The predicted molar refractivity (Wildman–Crippen MR) is 112 cm³/mol. The highest BCUT2D eigenvalue weighted by atomic mass is 16.6. The van der Waals surface area contributed by atoms with Crippen molar-refractivity contribution in [3.05, 3.63) is 23.8 Å². The number of hydrogen-bond acceptors (Lipinski definition) is 5. The van der Waals surface area contributed by atoms with Crippen LogP contribution >= 0.6 is 0 Å². The van der Waals surface area contributed by atoms with Gasteiger partial charge >= 0.3 is 5.97 Å². The lowest BCUT2D eigenvalue weighted by Gasteiger charge is -2.32. The second-order valence-electron chi connectivity index (χ2n) is 7.63. The summed E-state index contributed by atoms with van der Waals surface area (Å²) in [7, 11) is 0. The molecule has 8 nitrogen and oxygen atoms in total. The van der Waals surface area contributed by atoms with Gasteiger partial charge in [0.2, 0.25) is 11.8 Å². The summed E-state index contributed by atoms with van der Waals surface area (Å²) < 4.78 is 12.1. The summed E-state index contributed by atoms with van der Waals surface area (Å²) >= 11 is 0. The van der Waals surface area contributed by atoms with Crippen molar-refractivity contribution < 1.29 is 29.0 Å². The Morgan fingerprint density at radius 2 is 1.97 bits per heavy atom. The monoisotopic (exact) mass is 420 g/mol. The van der Waals surface area contributed by atoms with Crippen molar-refractivity contribution in [2.45, 2.75) is 77.5 Å². The molecular formula is C22H32N2O6. The number of unbranched alkanes of at least 4 members (excludes halogenated alkanes) is 1. The van der Waals surface area contributed by atoms with Crippen LogP contribution in [-0.4, -0.2) is 47.7 Å². The van der Waals surface area contributed by atoms with Gasteiger partial charge in [-0.2, -0.15) is 0 Å². The SMILES string of the molecule is CCCCC1Oc2cc(CCNC(=O)C(CCC(=O)O)NC(C)=O)ccc2OC1C. The molecule has 30 heavy (non-hydrogen) atoms. The minimum atomic E-state index is -1.01. The molecule has 2 rings (SSSR count). The molecule has 0 saturated carbocycles. The zero-order valence-corrected chi connectivity index (χ0v) is 17.9. The van der Waals surface area contributed by atoms with Gasteiger partial charge in [0, 0.05) is 19.9 Å². The van der Waals surface area contributed by atoms with Crippen LogP contribution in [0.15, 0.2) is 18.2 Å². The van der Waals surface area contributed by atoms with E-state index in [2.05, 4.69) is 17.6 Å². The molecule has 0 aliphatic carbocycles. The van der Waals surface area contributed by atoms with E-state index in [1.807, 2.05) is 25.1 Å². The molecule has 1 aromatic carbocycles. The number of carboxylic acid groups (broad SMARTS) is 1. The van der Waals surface area contributed by atoms with Crippen molar-refractivity contribution in [3.63, 3.8) is 0 Å². The number of amides is 2. The van der Waals surface area contributed by atoms with E-state index in [0.29, 0.717) is 13.0 Å². The summed E-state index contributed by atoms with van der Waals surface area (Å²) in [6.07, 6.45) is 3.58. The molecule has 3 atom stereocenters. The Labute approximate surface area is 177 Å². The van der Waals surface area contributed by atoms with Crippen LogP contribution in [0.5, 0.6) is 11.5 Å². The largest absolute Gasteiger partial charge is 0.483 e. The van der Waals surface area contributed by atoms with Crippen molar-refractivity contribution >= 4 is 17.8 Å². The third kappa shape index (κ3) is 7.24. The van der Waals surface area contributed by atoms with E-state index in [-0.39, 0.29) is 31.0 Å². The van der Waals surface area contributed by atoms with Gasteiger partial charge in [-0.1, -0.05) is 19.4 Å². The van der Waals surface area contributed by atoms with Crippen LogP contribution in [0.3, 0.4) is 0 Å². The molecule has 0 bridgehead atoms. The first-order valence-corrected chi connectivity index (χ1v) is 10.5. The summed E-state index contributed by atoms with van der Waals surface area (Å²) in [6, 6.07) is 4.89. The number of carbonyl (C=O) groups excluding carboxylic acids is 2. The Morgan fingerprint density at radius 1 is 1.20 bits per heavy atom. The van der Waals surface area contributed by atoms with Gasteiger partial charge in [-0.3, -0.25) is 14.4 Å². The molecule has 3 unspecified atom stereocenters. The second-order valence-corrected chi connectivity index (χ2v) is 7.63. The van der Waals surface area contributed by atoms with E-state index in [4.69, 9.17) is 14.6 Å². The minimum absolute atomic E-state index is 0.00528. The zero-order chi connectivity index (χ0) is 22.1. The average Bonchev–Trinajstić information content (AvgIpc) is 2.69. The molecule has 1 heterocycles. The molecule has 1 aliphatic rings. The van der Waals surface area contributed by atoms with Crippen LogP contribution < -0.4 is 20.1 Å². The number of carboxylic acids is 1. The van der Waals surface area contributed by atoms with Gasteiger partial charge in [0.15, 0.2) is 11.5 Å². The molecule has 0 saturated heterocycles. The van der Waals surface area contributed by atoms with Crippen molar-refractivity contribution in [1.82, 2.24) is 10.6 Å². The fraction of sp³-hybridized carbons (Fsp3) is 0.591. The van der Waals surface area contributed by atoms with E-state index in [0.717, 1.165) is 36.3 Å². The first-order chi connectivity index (χ1) is 14.3. The third-order valence-corrected chi connectivity index (χ3v) is 5.02. The highest BCUT2D eigenvalue weighted by molar-refractivity contribution is 5.87. The maximum atomic E-state index is 12.3. The Morgan fingerprint density at radius 3 is 2.63 bits per heavy atom. The number of fused-ring (bicyclic) bond motifs is 1. The van der Waals surface area contributed by atoms with Crippen LogP contribution in [0, 0.1) is 0 Å². The van der Waals surface area contributed by atoms with E-state index < -0.39 is 17.9 Å². The van der Waals surface area contributed by atoms with E-state index >= 15 is 0 Å². The van der Waals surface area contributed by atoms with Crippen molar-refractivity contribution in [3.8, 4) is 11.5 Å². The summed E-state index contributed by atoms with van der Waals surface area (Å²) in [5, 5.41) is 14.1. The Balaban J connectivity index is 1.90. The number of hydrogen-bond donors (Lipinski definition) is 3. The zero-order valence-electron chi connectivity index (χ0n) is 17.9. The van der Waals surface area contributed by atoms with Crippen LogP contribution in [0.1, 0.15) is 58.4 Å². The lowest BCUT2D eigenvalue weighted by molar-refractivity contribution is -0.137. The first kappa shape index (κ1) is 23.5. The number of aliphatic carboxylic acids is 1. The van der Waals surface area contributed by atoms with Crippen LogP contribution in [0.2, 0.25) is 0 Å². The number of carbonyl (C=O) groups is 3.